The average Bonchev–Trinajstić information content (AvgIpc) is 2.61. The Hall–Kier alpha value is -0.850. The molecule has 5 nitrogen and oxygen atoms in total. The number of anilines is 1. The van der Waals surface area contributed by atoms with Crippen molar-refractivity contribution < 1.29 is 15.3 Å². The molecular weight excluding hydrogens is 192 g/mol. The van der Waals surface area contributed by atoms with E-state index in [9.17, 15) is 10.2 Å². The van der Waals surface area contributed by atoms with E-state index in [1.165, 1.54) is 16.7 Å². The third-order valence-electron chi connectivity index (χ3n) is 2.01. The lowest BCUT2D eigenvalue weighted by atomic mass is 10.3. The van der Waals surface area contributed by atoms with Crippen LogP contribution in [0.4, 0.5) is 5.13 Å². The molecule has 1 aliphatic rings. The minimum atomic E-state index is -0.717. The molecule has 3 N–H and O–H groups in total. The van der Waals surface area contributed by atoms with Gasteiger partial charge in [-0.2, -0.15) is 4.98 Å². The quantitative estimate of drug-likeness (QED) is 0.566. The Labute approximate surface area is 78.9 Å². The van der Waals surface area contributed by atoms with Gasteiger partial charge in [-0.3, -0.25) is 0 Å². The number of nitrogens with zero attached hydrogens (tertiary/aromatic N) is 2. The van der Waals surface area contributed by atoms with Gasteiger partial charge in [0.05, 0.1) is 17.6 Å². The Balaban J connectivity index is 2.11. The first kappa shape index (κ1) is 8.74. The second-order valence-corrected chi connectivity index (χ2v) is 3.86. The maximum Gasteiger partial charge on any atom is 0.223 e. The van der Waals surface area contributed by atoms with Gasteiger partial charge in [0.2, 0.25) is 5.88 Å². The van der Waals surface area contributed by atoms with Crippen LogP contribution in [0.2, 0.25) is 0 Å². The number of aromatic hydroxyl groups is 1. The summed E-state index contributed by atoms with van der Waals surface area (Å²) >= 11 is 1.29. The van der Waals surface area contributed by atoms with E-state index >= 15 is 0 Å². The lowest BCUT2D eigenvalue weighted by molar-refractivity contribution is 0.0572. The van der Waals surface area contributed by atoms with Gasteiger partial charge in [0.25, 0.3) is 0 Å². The third-order valence-corrected chi connectivity index (χ3v) is 2.90. The highest BCUT2D eigenvalue weighted by molar-refractivity contribution is 7.13. The second kappa shape index (κ2) is 3.13. The van der Waals surface area contributed by atoms with Crippen molar-refractivity contribution in [1.29, 1.82) is 0 Å². The standard InChI is InChI=1S/C7H10N2O3S/c10-4-1-9(2-5(4)11)7-8-6(12)3-13-7/h3-5,10-12H,1-2H2. The van der Waals surface area contributed by atoms with E-state index in [0.29, 0.717) is 18.2 Å². The van der Waals surface area contributed by atoms with Crippen molar-refractivity contribution in [3.05, 3.63) is 5.38 Å². The summed E-state index contributed by atoms with van der Waals surface area (Å²) in [7, 11) is 0. The van der Waals surface area contributed by atoms with Crippen LogP contribution in [-0.4, -0.2) is 45.6 Å². The Morgan fingerprint density at radius 2 is 2.00 bits per heavy atom. The van der Waals surface area contributed by atoms with Gasteiger partial charge >= 0.3 is 0 Å². The Morgan fingerprint density at radius 3 is 2.46 bits per heavy atom. The Bertz CT molecular complexity index is 294. The molecule has 2 heterocycles. The fraction of sp³-hybridized carbons (Fsp3) is 0.571. The van der Waals surface area contributed by atoms with Gasteiger partial charge < -0.3 is 20.2 Å². The molecule has 6 heteroatoms. The summed E-state index contributed by atoms with van der Waals surface area (Å²) in [5.74, 6) is -0.0177. The number of thiazole rings is 1. The molecule has 2 atom stereocenters. The van der Waals surface area contributed by atoms with Gasteiger partial charge in [0, 0.05) is 13.1 Å². The average molecular weight is 202 g/mol. The fourth-order valence-electron chi connectivity index (χ4n) is 1.33. The summed E-state index contributed by atoms with van der Waals surface area (Å²) in [4.78, 5) is 5.59. The minimum absolute atomic E-state index is 0.0177. The van der Waals surface area contributed by atoms with Crippen LogP contribution in [0.25, 0.3) is 0 Å². The van der Waals surface area contributed by atoms with E-state index in [0.717, 1.165) is 0 Å². The molecular formula is C7H10N2O3S. The molecule has 1 aliphatic heterocycles. The number of aliphatic hydroxyl groups is 2. The van der Waals surface area contributed by atoms with Crippen molar-refractivity contribution in [3.8, 4) is 5.88 Å². The van der Waals surface area contributed by atoms with Crippen LogP contribution in [-0.2, 0) is 0 Å². The van der Waals surface area contributed by atoms with Crippen LogP contribution >= 0.6 is 11.3 Å². The highest BCUT2D eigenvalue weighted by Gasteiger charge is 2.30. The molecule has 1 aromatic rings. The van der Waals surface area contributed by atoms with E-state index in [4.69, 9.17) is 5.11 Å². The van der Waals surface area contributed by atoms with E-state index in [-0.39, 0.29) is 5.88 Å². The van der Waals surface area contributed by atoms with Crippen LogP contribution in [0.5, 0.6) is 5.88 Å². The lowest BCUT2D eigenvalue weighted by Gasteiger charge is -2.12. The van der Waals surface area contributed by atoms with E-state index in [1.54, 1.807) is 4.90 Å². The van der Waals surface area contributed by atoms with E-state index in [1.807, 2.05) is 0 Å². The predicted molar refractivity (Wildman–Crippen MR) is 48.0 cm³/mol. The molecule has 2 rings (SSSR count). The number of rotatable bonds is 1. The van der Waals surface area contributed by atoms with Crippen LogP contribution in [0.15, 0.2) is 5.38 Å². The number of aromatic nitrogens is 1. The number of hydrogen-bond donors (Lipinski definition) is 3. The number of aliphatic hydroxyl groups excluding tert-OH is 2. The number of β-amino-alcohol motifs (C(OH)–C–C–N with tert-alkyl or cyclic N) is 2. The molecule has 72 valence electrons. The first-order valence-electron chi connectivity index (χ1n) is 3.92. The first-order chi connectivity index (χ1) is 6.16. The molecule has 1 saturated heterocycles. The monoisotopic (exact) mass is 202 g/mol. The van der Waals surface area contributed by atoms with Gasteiger partial charge in [-0.25, -0.2) is 0 Å². The Kier molecular flexibility index (Phi) is 2.10. The third kappa shape index (κ3) is 1.60. The van der Waals surface area contributed by atoms with E-state index < -0.39 is 12.2 Å². The summed E-state index contributed by atoms with van der Waals surface area (Å²) in [5.41, 5.74) is 0. The smallest absolute Gasteiger partial charge is 0.223 e. The van der Waals surface area contributed by atoms with Gasteiger partial charge in [0.15, 0.2) is 5.13 Å². The maximum atomic E-state index is 9.26. The molecule has 0 aliphatic carbocycles. The molecule has 0 bridgehead atoms. The molecule has 0 spiro atoms. The normalized spacial score (nSPS) is 28.3. The van der Waals surface area contributed by atoms with Crippen LogP contribution in [0.3, 0.4) is 0 Å². The molecule has 0 amide bonds. The topological polar surface area (TPSA) is 76.8 Å². The lowest BCUT2D eigenvalue weighted by Crippen LogP contribution is -2.22. The van der Waals surface area contributed by atoms with Gasteiger partial charge in [-0.15, -0.1) is 11.3 Å². The molecule has 2 unspecified atom stereocenters. The molecule has 0 saturated carbocycles. The zero-order valence-corrected chi connectivity index (χ0v) is 7.61. The van der Waals surface area contributed by atoms with Crippen molar-refractivity contribution in [1.82, 2.24) is 4.98 Å². The van der Waals surface area contributed by atoms with Crippen molar-refractivity contribution in [2.24, 2.45) is 0 Å². The molecule has 1 fully saturated rings. The second-order valence-electron chi connectivity index (χ2n) is 3.03. The van der Waals surface area contributed by atoms with Crippen molar-refractivity contribution >= 4 is 16.5 Å². The molecule has 13 heavy (non-hydrogen) atoms. The minimum Gasteiger partial charge on any atom is -0.493 e. The molecule has 1 aromatic heterocycles. The van der Waals surface area contributed by atoms with E-state index in [2.05, 4.69) is 4.98 Å². The van der Waals surface area contributed by atoms with Crippen molar-refractivity contribution in [2.45, 2.75) is 12.2 Å². The summed E-state index contributed by atoms with van der Waals surface area (Å²) in [6, 6.07) is 0. The maximum absolute atomic E-state index is 9.26. The van der Waals surface area contributed by atoms with Crippen LogP contribution < -0.4 is 4.90 Å². The zero-order valence-electron chi connectivity index (χ0n) is 6.79. The summed E-state index contributed by atoms with van der Waals surface area (Å²) < 4.78 is 0. The van der Waals surface area contributed by atoms with Crippen molar-refractivity contribution in [3.63, 3.8) is 0 Å². The largest absolute Gasteiger partial charge is 0.493 e. The highest BCUT2D eigenvalue weighted by atomic mass is 32.1. The highest BCUT2D eigenvalue weighted by Crippen LogP contribution is 2.26. The SMILES string of the molecule is Oc1csc(N2CC(O)C(O)C2)n1. The molecule has 0 radical (unpaired) electrons. The molecule has 0 aromatic carbocycles. The summed E-state index contributed by atoms with van der Waals surface area (Å²) in [5, 5.41) is 29.7. The zero-order chi connectivity index (χ0) is 9.42. The fourth-order valence-corrected chi connectivity index (χ4v) is 2.03. The van der Waals surface area contributed by atoms with Crippen LogP contribution in [0.1, 0.15) is 0 Å². The number of hydrogen-bond acceptors (Lipinski definition) is 6. The Morgan fingerprint density at radius 1 is 1.38 bits per heavy atom. The predicted octanol–water partition coefficient (Wildman–Crippen LogP) is -0.610. The van der Waals surface area contributed by atoms with Gasteiger partial charge in [-0.05, 0) is 0 Å². The first-order valence-corrected chi connectivity index (χ1v) is 4.80. The van der Waals surface area contributed by atoms with Crippen LogP contribution in [0, 0.1) is 0 Å². The van der Waals surface area contributed by atoms with Gasteiger partial charge in [-0.1, -0.05) is 0 Å². The van der Waals surface area contributed by atoms with Crippen molar-refractivity contribution in [2.75, 3.05) is 18.0 Å². The summed E-state index contributed by atoms with van der Waals surface area (Å²) in [6.45, 7) is 0.738. The summed E-state index contributed by atoms with van der Waals surface area (Å²) in [6.07, 6.45) is -1.43. The van der Waals surface area contributed by atoms with Gasteiger partial charge in [0.1, 0.15) is 0 Å².